The summed E-state index contributed by atoms with van der Waals surface area (Å²) in [4.78, 5) is 12.9. The average molecular weight is 292 g/mol. The van der Waals surface area contributed by atoms with Crippen LogP contribution in [0.5, 0.6) is 0 Å². The minimum Gasteiger partial charge on any atom is -0.348 e. The number of amides is 1. The van der Waals surface area contributed by atoms with Gasteiger partial charge in [0.25, 0.3) is 0 Å². The molecule has 0 fully saturated rings. The van der Waals surface area contributed by atoms with Crippen LogP contribution in [0.4, 0.5) is 13.2 Å². The first-order valence-electron chi connectivity index (χ1n) is 6.09. The maximum absolute atomic E-state index is 11.9. The van der Waals surface area contributed by atoms with Gasteiger partial charge in [-0.1, -0.05) is 0 Å². The molecule has 2 rings (SSSR count). The lowest BCUT2D eigenvalue weighted by molar-refractivity contribution is -0.128. The van der Waals surface area contributed by atoms with E-state index in [1.54, 1.807) is 11.3 Å². The summed E-state index contributed by atoms with van der Waals surface area (Å²) in [6, 6.07) is 1.92. The zero-order valence-corrected chi connectivity index (χ0v) is 11.0. The van der Waals surface area contributed by atoms with E-state index in [0.717, 1.165) is 24.8 Å². The summed E-state index contributed by atoms with van der Waals surface area (Å²) in [5.74, 6) is -0.395. The van der Waals surface area contributed by atoms with Crippen LogP contribution in [0.1, 0.15) is 29.3 Å². The third-order valence-corrected chi connectivity index (χ3v) is 3.99. The molecule has 0 radical (unpaired) electrons. The Morgan fingerprint density at radius 3 is 3.00 bits per heavy atom. The van der Waals surface area contributed by atoms with Crippen molar-refractivity contribution in [1.82, 2.24) is 10.6 Å². The second kappa shape index (κ2) is 5.92. The predicted molar refractivity (Wildman–Crippen MR) is 67.1 cm³/mol. The summed E-state index contributed by atoms with van der Waals surface area (Å²) in [7, 11) is 0. The number of thiophene rings is 1. The molecule has 0 aliphatic heterocycles. The zero-order valence-electron chi connectivity index (χ0n) is 10.2. The number of hydrogen-bond donors (Lipinski definition) is 2. The van der Waals surface area contributed by atoms with Gasteiger partial charge in [-0.2, -0.15) is 13.2 Å². The third-order valence-electron chi connectivity index (χ3n) is 3.00. The van der Waals surface area contributed by atoms with Crippen LogP contribution in [0.25, 0.3) is 0 Å². The van der Waals surface area contributed by atoms with Crippen LogP contribution in [0.2, 0.25) is 0 Å². The fourth-order valence-corrected chi connectivity index (χ4v) is 3.19. The molecule has 3 nitrogen and oxygen atoms in total. The summed E-state index contributed by atoms with van der Waals surface area (Å²) < 4.78 is 35.8. The molecule has 1 aliphatic carbocycles. The maximum Gasteiger partial charge on any atom is 0.401 e. The van der Waals surface area contributed by atoms with Crippen molar-refractivity contribution < 1.29 is 18.0 Å². The minimum absolute atomic E-state index is 0.0600. The number of halogens is 3. The monoisotopic (exact) mass is 292 g/mol. The van der Waals surface area contributed by atoms with Gasteiger partial charge in [-0.25, -0.2) is 0 Å². The van der Waals surface area contributed by atoms with Gasteiger partial charge in [0, 0.05) is 4.88 Å². The van der Waals surface area contributed by atoms with Crippen molar-refractivity contribution in [3.63, 3.8) is 0 Å². The molecule has 106 valence electrons. The van der Waals surface area contributed by atoms with Crippen molar-refractivity contribution in [2.45, 2.75) is 31.5 Å². The molecule has 0 saturated heterocycles. The summed E-state index contributed by atoms with van der Waals surface area (Å²) in [6.07, 6.45) is -1.43. The first-order valence-corrected chi connectivity index (χ1v) is 6.97. The Hall–Kier alpha value is -1.08. The summed E-state index contributed by atoms with van der Waals surface area (Å²) in [6.45, 7) is -1.45. The molecule has 1 atom stereocenters. The lowest BCUT2D eigenvalue weighted by Gasteiger charge is -2.23. The number of fused-ring (bicyclic) bond motifs is 1. The fraction of sp³-hybridized carbons (Fsp3) is 0.583. The molecule has 19 heavy (non-hydrogen) atoms. The fourth-order valence-electron chi connectivity index (χ4n) is 2.20. The van der Waals surface area contributed by atoms with E-state index in [1.807, 2.05) is 11.4 Å². The number of aryl methyl sites for hydroxylation is 1. The number of alkyl halides is 3. The Kier molecular flexibility index (Phi) is 4.46. The Bertz CT molecular complexity index is 444. The van der Waals surface area contributed by atoms with Crippen molar-refractivity contribution >= 4 is 17.2 Å². The van der Waals surface area contributed by atoms with Crippen LogP contribution in [0, 0.1) is 0 Å². The molecule has 0 saturated carbocycles. The quantitative estimate of drug-likeness (QED) is 0.894. The highest BCUT2D eigenvalue weighted by Crippen LogP contribution is 2.33. The van der Waals surface area contributed by atoms with Crippen LogP contribution in [0.3, 0.4) is 0 Å². The van der Waals surface area contributed by atoms with Gasteiger partial charge in [0.05, 0.1) is 19.1 Å². The Morgan fingerprint density at radius 2 is 2.26 bits per heavy atom. The zero-order chi connectivity index (χ0) is 13.9. The van der Waals surface area contributed by atoms with E-state index in [-0.39, 0.29) is 12.6 Å². The number of carbonyl (C=O) groups is 1. The van der Waals surface area contributed by atoms with Gasteiger partial charge in [-0.05, 0) is 36.3 Å². The molecule has 0 bridgehead atoms. The summed E-state index contributed by atoms with van der Waals surface area (Å²) >= 11 is 1.66. The maximum atomic E-state index is 11.9. The highest BCUT2D eigenvalue weighted by molar-refractivity contribution is 7.10. The normalized spacial score (nSPS) is 19.0. The number of carbonyl (C=O) groups excluding carboxylic acids is 1. The van der Waals surface area contributed by atoms with Crippen molar-refractivity contribution in [2.75, 3.05) is 13.1 Å². The second-order valence-electron chi connectivity index (χ2n) is 4.53. The largest absolute Gasteiger partial charge is 0.401 e. The lowest BCUT2D eigenvalue weighted by Crippen LogP contribution is -2.40. The molecule has 2 N–H and O–H groups in total. The van der Waals surface area contributed by atoms with Crippen LogP contribution in [-0.4, -0.2) is 25.2 Å². The van der Waals surface area contributed by atoms with Gasteiger partial charge in [-0.15, -0.1) is 11.3 Å². The van der Waals surface area contributed by atoms with Crippen LogP contribution in [0.15, 0.2) is 11.4 Å². The van der Waals surface area contributed by atoms with Gasteiger partial charge in [0.15, 0.2) is 0 Å². The van der Waals surface area contributed by atoms with E-state index in [1.165, 1.54) is 4.88 Å². The van der Waals surface area contributed by atoms with Crippen LogP contribution < -0.4 is 10.6 Å². The van der Waals surface area contributed by atoms with E-state index in [9.17, 15) is 18.0 Å². The molecule has 7 heteroatoms. The predicted octanol–water partition coefficient (Wildman–Crippen LogP) is 2.39. The van der Waals surface area contributed by atoms with Gasteiger partial charge in [0.1, 0.15) is 0 Å². The van der Waals surface area contributed by atoms with Gasteiger partial charge < -0.3 is 10.6 Å². The standard InChI is InChI=1S/C12H15F3N2OS/c13-12(14,15)7-16-6-11(18)17-9-2-1-3-10-8(9)4-5-19-10/h4-5,9,16H,1-3,6-7H2,(H,17,18). The molecule has 1 unspecified atom stereocenters. The number of nitrogens with one attached hydrogen (secondary N) is 2. The average Bonchev–Trinajstić information content (AvgIpc) is 2.76. The minimum atomic E-state index is -4.29. The molecule has 1 amide bonds. The van der Waals surface area contributed by atoms with E-state index in [4.69, 9.17) is 0 Å². The molecule has 1 heterocycles. The molecule has 1 aromatic rings. The van der Waals surface area contributed by atoms with Crippen molar-refractivity contribution in [1.29, 1.82) is 0 Å². The highest BCUT2D eigenvalue weighted by Gasteiger charge is 2.27. The smallest absolute Gasteiger partial charge is 0.348 e. The molecule has 1 aliphatic rings. The highest BCUT2D eigenvalue weighted by atomic mass is 32.1. The molecule has 1 aromatic heterocycles. The van der Waals surface area contributed by atoms with Crippen LogP contribution in [-0.2, 0) is 11.2 Å². The van der Waals surface area contributed by atoms with E-state index in [2.05, 4.69) is 10.6 Å². The molecular weight excluding hydrogens is 277 g/mol. The molecular formula is C12H15F3N2OS. The Labute approximate surface area is 113 Å². The van der Waals surface area contributed by atoms with Crippen LogP contribution >= 0.6 is 11.3 Å². The van der Waals surface area contributed by atoms with Crippen molar-refractivity contribution in [3.8, 4) is 0 Å². The van der Waals surface area contributed by atoms with E-state index < -0.39 is 18.6 Å². The molecule has 0 aromatic carbocycles. The first kappa shape index (κ1) is 14.3. The van der Waals surface area contributed by atoms with E-state index >= 15 is 0 Å². The Morgan fingerprint density at radius 1 is 1.47 bits per heavy atom. The van der Waals surface area contributed by atoms with Crippen molar-refractivity contribution in [2.24, 2.45) is 0 Å². The third kappa shape index (κ3) is 4.21. The number of rotatable bonds is 4. The number of hydrogen-bond acceptors (Lipinski definition) is 3. The van der Waals surface area contributed by atoms with Gasteiger partial charge >= 0.3 is 6.18 Å². The van der Waals surface area contributed by atoms with Gasteiger partial charge in [0.2, 0.25) is 5.91 Å². The lowest BCUT2D eigenvalue weighted by atomic mass is 9.94. The van der Waals surface area contributed by atoms with Crippen molar-refractivity contribution in [3.05, 3.63) is 21.9 Å². The topological polar surface area (TPSA) is 41.1 Å². The second-order valence-corrected chi connectivity index (χ2v) is 5.53. The first-order chi connectivity index (χ1) is 8.96. The summed E-state index contributed by atoms with van der Waals surface area (Å²) in [5.41, 5.74) is 1.11. The van der Waals surface area contributed by atoms with Gasteiger partial charge in [-0.3, -0.25) is 4.79 Å². The van der Waals surface area contributed by atoms with E-state index in [0.29, 0.717) is 0 Å². The SMILES string of the molecule is O=C(CNCC(F)(F)F)NC1CCCc2sccc21. The molecule has 0 spiro atoms. The summed E-state index contributed by atoms with van der Waals surface area (Å²) in [5, 5.41) is 6.87. The Balaban J connectivity index is 1.81.